The van der Waals surface area contributed by atoms with E-state index in [1.165, 1.54) is 16.0 Å². The molecular weight excluding hydrogens is 330 g/mol. The van der Waals surface area contributed by atoms with Crippen LogP contribution < -0.4 is 0 Å². The van der Waals surface area contributed by atoms with Crippen LogP contribution >= 0.6 is 0 Å². The van der Waals surface area contributed by atoms with E-state index in [1.54, 1.807) is 12.2 Å². The van der Waals surface area contributed by atoms with Crippen LogP contribution in [-0.4, -0.2) is 41.8 Å². The van der Waals surface area contributed by atoms with Gasteiger partial charge in [-0.3, -0.25) is 4.79 Å². The maximum Gasteiger partial charge on any atom is 0.410 e. The quantitative estimate of drug-likeness (QED) is 0.861. The highest BCUT2D eigenvalue weighted by molar-refractivity contribution is 5.79. The number of aliphatic carboxylic acids is 1. The molecule has 0 aromatic heterocycles. The number of nitrogens with zero attached hydrogens (tertiary/aromatic N) is 1. The maximum absolute atomic E-state index is 12.4. The van der Waals surface area contributed by atoms with Gasteiger partial charge in [0.05, 0.1) is 5.92 Å². The second kappa shape index (κ2) is 6.67. The van der Waals surface area contributed by atoms with Crippen molar-refractivity contribution in [2.24, 2.45) is 5.92 Å². The van der Waals surface area contributed by atoms with Crippen LogP contribution in [0.1, 0.15) is 17.0 Å². The summed E-state index contributed by atoms with van der Waals surface area (Å²) in [7, 11) is 0. The standard InChI is InChI=1S/C21H19NO4/c23-20(24)14-6-5-11-22(12-14)21(25)26-13-19-17-9-3-1-7-15(17)16-8-2-4-10-18(16)19/h1-10,14,19H,11-13H2,(H,23,24)/t14-/m1/s1. The SMILES string of the molecule is O=C(O)[C@@H]1C=CCN(C(=O)OCC2c3ccccc3-c3ccccc32)C1. The highest BCUT2D eigenvalue weighted by Gasteiger charge is 2.30. The normalized spacial score (nSPS) is 18.3. The van der Waals surface area contributed by atoms with Gasteiger partial charge in [-0.1, -0.05) is 60.7 Å². The van der Waals surface area contributed by atoms with Crippen molar-refractivity contribution in [3.05, 3.63) is 71.8 Å². The number of carboxylic acid groups (broad SMARTS) is 1. The number of rotatable bonds is 3. The molecule has 0 bridgehead atoms. The highest BCUT2D eigenvalue weighted by atomic mass is 16.6. The fraction of sp³-hybridized carbons (Fsp3) is 0.238. The molecule has 1 aliphatic heterocycles. The molecule has 5 heteroatoms. The lowest BCUT2D eigenvalue weighted by Crippen LogP contribution is -2.40. The van der Waals surface area contributed by atoms with Gasteiger partial charge in [0.2, 0.25) is 0 Å². The molecule has 0 spiro atoms. The van der Waals surface area contributed by atoms with Crippen molar-refractivity contribution in [3.8, 4) is 11.1 Å². The highest BCUT2D eigenvalue weighted by Crippen LogP contribution is 2.44. The van der Waals surface area contributed by atoms with E-state index in [1.807, 2.05) is 24.3 Å². The number of carboxylic acids is 1. The Labute approximate surface area is 151 Å². The number of amides is 1. The van der Waals surface area contributed by atoms with E-state index in [9.17, 15) is 9.59 Å². The largest absolute Gasteiger partial charge is 0.481 e. The smallest absolute Gasteiger partial charge is 0.410 e. The van der Waals surface area contributed by atoms with Crippen LogP contribution in [0.4, 0.5) is 4.79 Å². The number of carbonyl (C=O) groups excluding carboxylic acids is 1. The van der Waals surface area contributed by atoms with Crippen LogP contribution in [0, 0.1) is 5.92 Å². The van der Waals surface area contributed by atoms with Gasteiger partial charge >= 0.3 is 12.1 Å². The number of ether oxygens (including phenoxy) is 1. The Kier molecular flexibility index (Phi) is 4.21. The summed E-state index contributed by atoms with van der Waals surface area (Å²) >= 11 is 0. The fourth-order valence-corrected chi connectivity index (χ4v) is 3.72. The molecule has 26 heavy (non-hydrogen) atoms. The Bertz CT molecular complexity index is 844. The second-order valence-corrected chi connectivity index (χ2v) is 6.58. The van der Waals surface area contributed by atoms with Crippen molar-refractivity contribution in [1.82, 2.24) is 4.90 Å². The number of hydrogen-bond donors (Lipinski definition) is 1. The Morgan fingerprint density at radius 3 is 2.27 bits per heavy atom. The molecule has 132 valence electrons. The van der Waals surface area contributed by atoms with E-state index < -0.39 is 18.0 Å². The Balaban J connectivity index is 1.49. The van der Waals surface area contributed by atoms with Gasteiger partial charge in [0.1, 0.15) is 6.61 Å². The lowest BCUT2D eigenvalue weighted by molar-refractivity contribution is -0.140. The molecule has 2 aromatic carbocycles. The zero-order valence-corrected chi connectivity index (χ0v) is 14.2. The van der Waals surface area contributed by atoms with Crippen LogP contribution in [-0.2, 0) is 9.53 Å². The van der Waals surface area contributed by atoms with E-state index in [2.05, 4.69) is 24.3 Å². The first-order valence-electron chi connectivity index (χ1n) is 8.64. The summed E-state index contributed by atoms with van der Waals surface area (Å²) in [6, 6.07) is 16.3. The molecule has 1 aliphatic carbocycles. The molecule has 1 heterocycles. The first kappa shape index (κ1) is 16.4. The van der Waals surface area contributed by atoms with E-state index in [4.69, 9.17) is 9.84 Å². The zero-order chi connectivity index (χ0) is 18.1. The molecule has 0 fully saturated rings. The minimum absolute atomic E-state index is 0.00181. The molecule has 1 atom stereocenters. The summed E-state index contributed by atoms with van der Waals surface area (Å²) in [4.78, 5) is 25.0. The van der Waals surface area contributed by atoms with Crippen LogP contribution in [0.3, 0.4) is 0 Å². The average Bonchev–Trinajstić information content (AvgIpc) is 3.00. The Hall–Kier alpha value is -3.08. The van der Waals surface area contributed by atoms with Crippen molar-refractivity contribution in [3.63, 3.8) is 0 Å². The molecular formula is C21H19NO4. The van der Waals surface area contributed by atoms with Crippen LogP contribution in [0.15, 0.2) is 60.7 Å². The summed E-state index contributed by atoms with van der Waals surface area (Å²) in [5.41, 5.74) is 4.67. The Morgan fingerprint density at radius 1 is 1.04 bits per heavy atom. The lowest BCUT2D eigenvalue weighted by Gasteiger charge is -2.27. The van der Waals surface area contributed by atoms with Crippen molar-refractivity contribution >= 4 is 12.1 Å². The molecule has 1 N–H and O–H groups in total. The lowest BCUT2D eigenvalue weighted by atomic mass is 9.98. The van der Waals surface area contributed by atoms with Crippen LogP contribution in [0.25, 0.3) is 11.1 Å². The van der Waals surface area contributed by atoms with Gasteiger partial charge in [-0.25, -0.2) is 4.79 Å². The summed E-state index contributed by atoms with van der Waals surface area (Å²) in [6.45, 7) is 0.758. The van der Waals surface area contributed by atoms with E-state index in [-0.39, 0.29) is 19.1 Å². The van der Waals surface area contributed by atoms with Crippen LogP contribution in [0.2, 0.25) is 0 Å². The van der Waals surface area contributed by atoms with Crippen molar-refractivity contribution in [2.45, 2.75) is 5.92 Å². The van der Waals surface area contributed by atoms with Gasteiger partial charge in [0, 0.05) is 19.0 Å². The predicted molar refractivity (Wildman–Crippen MR) is 96.9 cm³/mol. The third kappa shape index (κ3) is 2.86. The van der Waals surface area contributed by atoms with Crippen molar-refractivity contribution < 1.29 is 19.4 Å². The van der Waals surface area contributed by atoms with E-state index >= 15 is 0 Å². The summed E-state index contributed by atoms with van der Waals surface area (Å²) in [5, 5.41) is 9.13. The average molecular weight is 349 g/mol. The second-order valence-electron chi connectivity index (χ2n) is 6.58. The topological polar surface area (TPSA) is 66.8 Å². The maximum atomic E-state index is 12.4. The molecule has 2 aliphatic rings. The number of hydrogen-bond acceptors (Lipinski definition) is 3. The van der Waals surface area contributed by atoms with Crippen molar-refractivity contribution in [1.29, 1.82) is 0 Å². The first-order valence-corrected chi connectivity index (χ1v) is 8.64. The molecule has 2 aromatic rings. The Morgan fingerprint density at radius 2 is 1.65 bits per heavy atom. The van der Waals surface area contributed by atoms with Gasteiger partial charge in [0.25, 0.3) is 0 Å². The molecule has 0 radical (unpaired) electrons. The number of fused-ring (bicyclic) bond motifs is 3. The van der Waals surface area contributed by atoms with Crippen LogP contribution in [0.5, 0.6) is 0 Å². The summed E-state index contributed by atoms with van der Waals surface area (Å²) in [6.07, 6.45) is 2.85. The van der Waals surface area contributed by atoms with Gasteiger partial charge in [0.15, 0.2) is 0 Å². The molecule has 4 rings (SSSR count). The van der Waals surface area contributed by atoms with E-state index in [0.717, 1.165) is 11.1 Å². The summed E-state index contributed by atoms with van der Waals surface area (Å²) in [5.74, 6) is -1.61. The third-order valence-corrected chi connectivity index (χ3v) is 5.02. The third-order valence-electron chi connectivity index (χ3n) is 5.02. The molecule has 5 nitrogen and oxygen atoms in total. The van der Waals surface area contributed by atoms with E-state index in [0.29, 0.717) is 6.54 Å². The number of carbonyl (C=O) groups is 2. The molecule has 0 saturated carbocycles. The van der Waals surface area contributed by atoms with Gasteiger partial charge in [-0.15, -0.1) is 0 Å². The molecule has 0 saturated heterocycles. The molecule has 1 amide bonds. The summed E-state index contributed by atoms with van der Waals surface area (Å²) < 4.78 is 5.57. The monoisotopic (exact) mass is 349 g/mol. The van der Waals surface area contributed by atoms with Gasteiger partial charge < -0.3 is 14.7 Å². The zero-order valence-electron chi connectivity index (χ0n) is 14.2. The van der Waals surface area contributed by atoms with Gasteiger partial charge in [-0.2, -0.15) is 0 Å². The minimum atomic E-state index is -0.933. The number of benzene rings is 2. The molecule has 0 unspecified atom stereocenters. The minimum Gasteiger partial charge on any atom is -0.481 e. The van der Waals surface area contributed by atoms with Gasteiger partial charge in [-0.05, 0) is 22.3 Å². The fourth-order valence-electron chi connectivity index (χ4n) is 3.72. The first-order chi connectivity index (χ1) is 12.6. The van der Waals surface area contributed by atoms with Crippen molar-refractivity contribution in [2.75, 3.05) is 19.7 Å². The predicted octanol–water partition coefficient (Wildman–Crippen LogP) is 3.51.